The van der Waals surface area contributed by atoms with Gasteiger partial charge in [0.25, 0.3) is 5.91 Å². The first-order chi connectivity index (χ1) is 12.0. The molecule has 0 unspecified atom stereocenters. The van der Waals surface area contributed by atoms with Crippen molar-refractivity contribution in [2.45, 2.75) is 26.8 Å². The second-order valence-corrected chi connectivity index (χ2v) is 6.55. The summed E-state index contributed by atoms with van der Waals surface area (Å²) in [5.74, 6) is -0.0491. The zero-order valence-electron chi connectivity index (χ0n) is 14.9. The van der Waals surface area contributed by atoms with Crippen molar-refractivity contribution in [1.29, 1.82) is 0 Å². The van der Waals surface area contributed by atoms with Gasteiger partial charge in [-0.05, 0) is 43.5 Å². The molecule has 0 heterocycles. The summed E-state index contributed by atoms with van der Waals surface area (Å²) >= 11 is 0. The fourth-order valence-electron chi connectivity index (χ4n) is 3.04. The number of carbonyl (C=O) groups excluding carboxylic acids is 1. The molecule has 3 aromatic rings. The molecule has 1 atom stereocenters. The third-order valence-electron chi connectivity index (χ3n) is 4.45. The molecule has 126 valence electrons. The molecule has 3 aromatic carbocycles. The van der Waals surface area contributed by atoms with E-state index in [1.807, 2.05) is 62.4 Å². The van der Waals surface area contributed by atoms with Crippen LogP contribution in [0.5, 0.6) is 0 Å². The van der Waals surface area contributed by atoms with Gasteiger partial charge in [0.1, 0.15) is 0 Å². The molecule has 0 aliphatic heterocycles. The third-order valence-corrected chi connectivity index (χ3v) is 4.45. The van der Waals surface area contributed by atoms with Crippen molar-refractivity contribution in [3.8, 4) is 0 Å². The van der Waals surface area contributed by atoms with Gasteiger partial charge >= 0.3 is 0 Å². The van der Waals surface area contributed by atoms with Crippen LogP contribution in [0.15, 0.2) is 72.8 Å². The molecule has 0 bridgehead atoms. The Hall–Kier alpha value is -2.87. The van der Waals surface area contributed by atoms with Crippen LogP contribution in [0, 0.1) is 20.8 Å². The van der Waals surface area contributed by atoms with E-state index in [2.05, 4.69) is 36.5 Å². The monoisotopic (exact) mass is 329 g/mol. The second-order valence-electron chi connectivity index (χ2n) is 6.55. The molecule has 0 aromatic heterocycles. The molecule has 3 rings (SSSR count). The lowest BCUT2D eigenvalue weighted by molar-refractivity contribution is 0.0942. The maximum absolute atomic E-state index is 12.9. The van der Waals surface area contributed by atoms with Crippen molar-refractivity contribution in [2.24, 2.45) is 0 Å². The summed E-state index contributed by atoms with van der Waals surface area (Å²) in [7, 11) is 0. The van der Waals surface area contributed by atoms with Crippen molar-refractivity contribution in [3.05, 3.63) is 106 Å². The Bertz CT molecular complexity index is 866. The first-order valence-electron chi connectivity index (χ1n) is 8.54. The molecule has 2 heteroatoms. The quantitative estimate of drug-likeness (QED) is 0.706. The van der Waals surface area contributed by atoms with E-state index in [9.17, 15) is 4.79 Å². The second kappa shape index (κ2) is 7.35. The number of rotatable bonds is 4. The van der Waals surface area contributed by atoms with E-state index in [1.165, 1.54) is 5.56 Å². The molecule has 0 aliphatic carbocycles. The number of nitrogens with one attached hydrogen (secondary N) is 1. The van der Waals surface area contributed by atoms with Gasteiger partial charge in [-0.1, -0.05) is 77.9 Å². The van der Waals surface area contributed by atoms with Crippen LogP contribution in [0.3, 0.4) is 0 Å². The van der Waals surface area contributed by atoms with E-state index in [0.717, 1.165) is 27.8 Å². The molecular formula is C23H23NO. The van der Waals surface area contributed by atoms with E-state index in [1.54, 1.807) is 0 Å². The number of hydrogen-bond acceptors (Lipinski definition) is 1. The van der Waals surface area contributed by atoms with Crippen molar-refractivity contribution in [3.63, 3.8) is 0 Å². The zero-order valence-corrected chi connectivity index (χ0v) is 14.9. The topological polar surface area (TPSA) is 29.1 Å². The van der Waals surface area contributed by atoms with Gasteiger partial charge in [-0.25, -0.2) is 0 Å². The van der Waals surface area contributed by atoms with Crippen molar-refractivity contribution in [1.82, 2.24) is 5.32 Å². The van der Waals surface area contributed by atoms with E-state index < -0.39 is 0 Å². The van der Waals surface area contributed by atoms with E-state index in [0.29, 0.717) is 0 Å². The van der Waals surface area contributed by atoms with Crippen LogP contribution in [-0.2, 0) is 0 Å². The standard InChI is InChI=1S/C23H23NO/c1-16-9-12-20(13-10-16)22(19-7-5-4-6-8-19)24-23(25)21-14-11-17(2)15-18(21)3/h4-15,22H,1-3H3,(H,24,25)/t22-/m1/s1. The molecule has 25 heavy (non-hydrogen) atoms. The van der Waals surface area contributed by atoms with Crippen LogP contribution in [0.2, 0.25) is 0 Å². The minimum atomic E-state index is -0.171. The molecule has 0 radical (unpaired) electrons. The Labute approximate surface area is 149 Å². The molecule has 0 spiro atoms. The summed E-state index contributed by atoms with van der Waals surface area (Å²) in [6.07, 6.45) is 0. The Morgan fingerprint density at radius 2 is 1.36 bits per heavy atom. The fraction of sp³-hybridized carbons (Fsp3) is 0.174. The Kier molecular flexibility index (Phi) is 4.99. The van der Waals surface area contributed by atoms with Crippen molar-refractivity contribution >= 4 is 5.91 Å². The van der Waals surface area contributed by atoms with Crippen molar-refractivity contribution in [2.75, 3.05) is 0 Å². The summed E-state index contributed by atoms with van der Waals surface area (Å²) in [5, 5.41) is 3.21. The van der Waals surface area contributed by atoms with E-state index in [4.69, 9.17) is 0 Å². The molecule has 1 N–H and O–H groups in total. The summed E-state index contributed by atoms with van der Waals surface area (Å²) in [6, 6.07) is 24.1. The van der Waals surface area contributed by atoms with Crippen LogP contribution in [0.1, 0.15) is 44.2 Å². The Morgan fingerprint density at radius 1 is 0.760 bits per heavy atom. The van der Waals surface area contributed by atoms with Gasteiger partial charge in [-0.2, -0.15) is 0 Å². The van der Waals surface area contributed by atoms with Gasteiger partial charge in [-0.15, -0.1) is 0 Å². The summed E-state index contributed by atoms with van der Waals surface area (Å²) in [4.78, 5) is 12.9. The first kappa shape index (κ1) is 17.0. The highest BCUT2D eigenvalue weighted by molar-refractivity contribution is 5.96. The van der Waals surface area contributed by atoms with E-state index >= 15 is 0 Å². The maximum Gasteiger partial charge on any atom is 0.252 e. The lowest BCUT2D eigenvalue weighted by Crippen LogP contribution is -2.29. The Balaban J connectivity index is 1.95. The normalized spacial score (nSPS) is 11.8. The van der Waals surface area contributed by atoms with Gasteiger partial charge in [-0.3, -0.25) is 4.79 Å². The number of hydrogen-bond donors (Lipinski definition) is 1. The highest BCUT2D eigenvalue weighted by atomic mass is 16.1. The SMILES string of the molecule is Cc1ccc([C@H](NC(=O)c2ccc(C)cc2C)c2ccccc2)cc1. The number of carbonyl (C=O) groups is 1. The van der Waals surface area contributed by atoms with Crippen LogP contribution in [-0.4, -0.2) is 5.91 Å². The summed E-state index contributed by atoms with van der Waals surface area (Å²) in [6.45, 7) is 6.08. The molecule has 2 nitrogen and oxygen atoms in total. The number of benzene rings is 3. The lowest BCUT2D eigenvalue weighted by Gasteiger charge is -2.21. The van der Waals surface area contributed by atoms with Gasteiger partial charge in [0.2, 0.25) is 0 Å². The van der Waals surface area contributed by atoms with Crippen molar-refractivity contribution < 1.29 is 4.79 Å². The molecule has 0 saturated heterocycles. The average Bonchev–Trinajstić information content (AvgIpc) is 2.61. The van der Waals surface area contributed by atoms with Gasteiger partial charge in [0.15, 0.2) is 0 Å². The third kappa shape index (κ3) is 3.97. The fourth-order valence-corrected chi connectivity index (χ4v) is 3.04. The van der Waals surface area contributed by atoms with Crippen LogP contribution >= 0.6 is 0 Å². The smallest absolute Gasteiger partial charge is 0.252 e. The van der Waals surface area contributed by atoms with Crippen LogP contribution in [0.25, 0.3) is 0 Å². The Morgan fingerprint density at radius 3 is 2.00 bits per heavy atom. The highest BCUT2D eigenvalue weighted by Crippen LogP contribution is 2.23. The van der Waals surface area contributed by atoms with Gasteiger partial charge in [0, 0.05) is 5.56 Å². The zero-order chi connectivity index (χ0) is 17.8. The maximum atomic E-state index is 12.9. The largest absolute Gasteiger partial charge is 0.341 e. The molecule has 0 saturated carbocycles. The number of amides is 1. The predicted octanol–water partition coefficient (Wildman–Crippen LogP) is 5.13. The predicted molar refractivity (Wildman–Crippen MR) is 103 cm³/mol. The van der Waals surface area contributed by atoms with Gasteiger partial charge in [0.05, 0.1) is 6.04 Å². The summed E-state index contributed by atoms with van der Waals surface area (Å²) < 4.78 is 0. The molecule has 0 aliphatic rings. The molecule has 1 amide bonds. The molecular weight excluding hydrogens is 306 g/mol. The van der Waals surface area contributed by atoms with Crippen LogP contribution in [0.4, 0.5) is 0 Å². The minimum Gasteiger partial charge on any atom is -0.341 e. The summed E-state index contributed by atoms with van der Waals surface area (Å²) in [5.41, 5.74) is 6.23. The first-order valence-corrected chi connectivity index (χ1v) is 8.54. The minimum absolute atomic E-state index is 0.0491. The highest BCUT2D eigenvalue weighted by Gasteiger charge is 2.18. The molecule has 0 fully saturated rings. The van der Waals surface area contributed by atoms with E-state index in [-0.39, 0.29) is 11.9 Å². The van der Waals surface area contributed by atoms with Crippen LogP contribution < -0.4 is 5.32 Å². The lowest BCUT2D eigenvalue weighted by atomic mass is 9.97. The average molecular weight is 329 g/mol. The number of aryl methyl sites for hydroxylation is 3. The van der Waals surface area contributed by atoms with Gasteiger partial charge < -0.3 is 5.32 Å².